The van der Waals surface area contributed by atoms with E-state index >= 15 is 0 Å². The van der Waals surface area contributed by atoms with Gasteiger partial charge in [0.25, 0.3) is 10.0 Å². The van der Waals surface area contributed by atoms with Crippen molar-refractivity contribution in [1.82, 2.24) is 0 Å². The number of primary sulfonamides is 1. The van der Waals surface area contributed by atoms with Crippen LogP contribution in [0.25, 0.3) is 0 Å². The van der Waals surface area contributed by atoms with E-state index in [0.29, 0.717) is 0 Å². The number of alkyl halides is 6. The van der Waals surface area contributed by atoms with E-state index < -0.39 is 37.5 Å². The Kier molecular flexibility index (Phi) is 4.26. The summed E-state index contributed by atoms with van der Waals surface area (Å²) in [4.78, 5) is 0. The van der Waals surface area contributed by atoms with Crippen LogP contribution in [0.15, 0.2) is 0 Å². The second-order valence-corrected chi connectivity index (χ2v) is 5.47. The smallest absolute Gasteiger partial charge is 0.289 e. The molecule has 2 N–H and O–H groups in total. The van der Waals surface area contributed by atoms with Crippen molar-refractivity contribution in [3.05, 3.63) is 0 Å². The Bertz CT molecular complexity index is 420. The van der Waals surface area contributed by atoms with Crippen LogP contribution in [0, 0.1) is 0 Å². The highest BCUT2D eigenvalue weighted by atomic mass is 32.2. The SMILES string of the molecule is COS(=O)C(F)(F)C(F)(F)C(F)(F)S(N)(=O)=O. The van der Waals surface area contributed by atoms with Crippen molar-refractivity contribution < 1.29 is 43.2 Å². The standard InChI is InChI=1S/C4H5F6NO4S2/c1-15-16(12)3(7,8)2(5,6)4(9,10)17(11,13)14/h1H3,(H2,11,13,14). The molecule has 0 saturated heterocycles. The highest BCUT2D eigenvalue weighted by Gasteiger charge is 2.79. The molecule has 0 fully saturated rings. The first kappa shape index (κ1) is 16.6. The first-order valence-electron chi connectivity index (χ1n) is 3.35. The highest BCUT2D eigenvalue weighted by molar-refractivity contribution is 7.90. The molecule has 0 aliphatic carbocycles. The molecule has 1 atom stereocenters. The summed E-state index contributed by atoms with van der Waals surface area (Å²) in [5, 5.41) is -8.55. The summed E-state index contributed by atoms with van der Waals surface area (Å²) in [5.41, 5.74) is 0. The summed E-state index contributed by atoms with van der Waals surface area (Å²) in [6.45, 7) is 0. The average molecular weight is 309 g/mol. The zero-order valence-electron chi connectivity index (χ0n) is 7.79. The van der Waals surface area contributed by atoms with Crippen molar-refractivity contribution in [2.75, 3.05) is 7.11 Å². The highest BCUT2D eigenvalue weighted by Crippen LogP contribution is 2.49. The van der Waals surface area contributed by atoms with Crippen molar-refractivity contribution >= 4 is 21.1 Å². The van der Waals surface area contributed by atoms with Crippen molar-refractivity contribution in [3.8, 4) is 0 Å². The molecule has 0 bridgehead atoms. The zero-order valence-corrected chi connectivity index (χ0v) is 9.43. The summed E-state index contributed by atoms with van der Waals surface area (Å²) in [7, 11) is -6.07. The van der Waals surface area contributed by atoms with Crippen LogP contribution in [0.4, 0.5) is 26.3 Å². The summed E-state index contributed by atoms with van der Waals surface area (Å²) >= 11 is -4.17. The van der Waals surface area contributed by atoms with Gasteiger partial charge in [0.1, 0.15) is 0 Å². The maximum Gasteiger partial charge on any atom is 0.427 e. The van der Waals surface area contributed by atoms with Gasteiger partial charge in [-0.2, -0.15) is 26.3 Å². The van der Waals surface area contributed by atoms with E-state index in [9.17, 15) is 39.0 Å². The van der Waals surface area contributed by atoms with Crippen LogP contribution < -0.4 is 5.14 Å². The van der Waals surface area contributed by atoms with Crippen LogP contribution in [0.3, 0.4) is 0 Å². The van der Waals surface area contributed by atoms with Gasteiger partial charge in [-0.3, -0.25) is 4.18 Å². The molecule has 0 aliphatic rings. The minimum Gasteiger partial charge on any atom is -0.289 e. The molecule has 0 heterocycles. The Balaban J connectivity index is 5.81. The number of hydrogen-bond donors (Lipinski definition) is 1. The van der Waals surface area contributed by atoms with E-state index in [0.717, 1.165) is 0 Å². The lowest BCUT2D eigenvalue weighted by Crippen LogP contribution is -2.60. The molecule has 0 saturated carbocycles. The van der Waals surface area contributed by atoms with Crippen LogP contribution in [-0.4, -0.2) is 36.2 Å². The zero-order chi connectivity index (χ0) is 14.3. The van der Waals surface area contributed by atoms with Gasteiger partial charge in [-0.1, -0.05) is 0 Å². The predicted octanol–water partition coefficient (Wildman–Crippen LogP) is 0.406. The lowest BCUT2D eigenvalue weighted by atomic mass is 10.3. The minimum absolute atomic E-state index is 0.273. The van der Waals surface area contributed by atoms with Gasteiger partial charge in [-0.15, -0.1) is 0 Å². The molecule has 0 radical (unpaired) electrons. The molecule has 0 aliphatic heterocycles. The van der Waals surface area contributed by atoms with Crippen LogP contribution in [0.2, 0.25) is 0 Å². The lowest BCUT2D eigenvalue weighted by molar-refractivity contribution is -0.244. The number of sulfonamides is 1. The first-order chi connectivity index (χ1) is 7.23. The van der Waals surface area contributed by atoms with Gasteiger partial charge in [-0.05, 0) is 0 Å². The summed E-state index contributed by atoms with van der Waals surface area (Å²) in [5.74, 6) is -6.51. The van der Waals surface area contributed by atoms with Crippen LogP contribution in [0.5, 0.6) is 0 Å². The van der Waals surface area contributed by atoms with Crippen LogP contribution in [-0.2, 0) is 25.3 Å². The Labute approximate surface area is 93.6 Å². The maximum absolute atomic E-state index is 12.7. The molecule has 104 valence electrons. The first-order valence-corrected chi connectivity index (χ1v) is 5.97. The van der Waals surface area contributed by atoms with Crippen molar-refractivity contribution in [1.29, 1.82) is 0 Å². The topological polar surface area (TPSA) is 86.5 Å². The number of hydrogen-bond acceptors (Lipinski definition) is 4. The molecule has 0 aromatic heterocycles. The van der Waals surface area contributed by atoms with Crippen molar-refractivity contribution in [3.63, 3.8) is 0 Å². The van der Waals surface area contributed by atoms with Crippen LogP contribution >= 0.6 is 0 Å². The summed E-state index contributed by atoms with van der Waals surface area (Å²) in [6.07, 6.45) is 0. The largest absolute Gasteiger partial charge is 0.427 e. The van der Waals surface area contributed by atoms with E-state index in [4.69, 9.17) is 0 Å². The van der Waals surface area contributed by atoms with E-state index in [-0.39, 0.29) is 7.11 Å². The Morgan fingerprint density at radius 1 is 1.12 bits per heavy atom. The average Bonchev–Trinajstić information content (AvgIpc) is 2.13. The molecular weight excluding hydrogens is 304 g/mol. The van der Waals surface area contributed by atoms with Crippen LogP contribution in [0.1, 0.15) is 0 Å². The third-order valence-electron chi connectivity index (χ3n) is 1.45. The molecule has 0 aromatic carbocycles. The predicted molar refractivity (Wildman–Crippen MR) is 43.1 cm³/mol. The van der Waals surface area contributed by atoms with Gasteiger partial charge in [0.2, 0.25) is 11.1 Å². The monoisotopic (exact) mass is 309 g/mol. The molecule has 1 unspecified atom stereocenters. The molecule has 17 heavy (non-hydrogen) atoms. The quantitative estimate of drug-likeness (QED) is 0.745. The second kappa shape index (κ2) is 4.37. The molecule has 13 heteroatoms. The number of rotatable bonds is 5. The van der Waals surface area contributed by atoms with Gasteiger partial charge in [0.05, 0.1) is 7.11 Å². The molecule has 0 aromatic rings. The fourth-order valence-electron chi connectivity index (χ4n) is 0.557. The second-order valence-electron chi connectivity index (χ2n) is 2.55. The Morgan fingerprint density at radius 3 is 1.71 bits per heavy atom. The third-order valence-corrected chi connectivity index (χ3v) is 3.40. The van der Waals surface area contributed by atoms with Gasteiger partial charge in [-0.25, -0.2) is 17.8 Å². The maximum atomic E-state index is 12.7. The van der Waals surface area contributed by atoms with Gasteiger partial charge < -0.3 is 0 Å². The van der Waals surface area contributed by atoms with Gasteiger partial charge in [0, 0.05) is 0 Å². The van der Waals surface area contributed by atoms with E-state index in [2.05, 4.69) is 9.32 Å². The third kappa shape index (κ3) is 2.41. The fraction of sp³-hybridized carbons (Fsp3) is 1.00. The number of nitrogens with two attached hydrogens (primary N) is 1. The Hall–Kier alpha value is -0.400. The molecular formula is C4H5F6NO4S2. The van der Waals surface area contributed by atoms with Crippen molar-refractivity contribution in [2.45, 2.75) is 16.4 Å². The van der Waals surface area contributed by atoms with Gasteiger partial charge in [0.15, 0.2) is 0 Å². The van der Waals surface area contributed by atoms with E-state index in [1.807, 2.05) is 0 Å². The van der Waals surface area contributed by atoms with E-state index in [1.165, 1.54) is 0 Å². The number of halogens is 6. The summed E-state index contributed by atoms with van der Waals surface area (Å²) in [6, 6.07) is 0. The molecule has 0 spiro atoms. The van der Waals surface area contributed by atoms with E-state index in [1.54, 1.807) is 0 Å². The van der Waals surface area contributed by atoms with Crippen molar-refractivity contribution in [2.24, 2.45) is 5.14 Å². The summed E-state index contributed by atoms with van der Waals surface area (Å²) < 4.78 is 110. The molecule has 0 amide bonds. The fourth-order valence-corrected chi connectivity index (χ4v) is 1.65. The normalized spacial score (nSPS) is 16.9. The lowest BCUT2D eigenvalue weighted by Gasteiger charge is -2.29. The van der Waals surface area contributed by atoms with Gasteiger partial charge >= 0.3 is 16.4 Å². The minimum atomic E-state index is -6.51. The molecule has 0 rings (SSSR count). The molecule has 5 nitrogen and oxygen atoms in total. The Morgan fingerprint density at radius 2 is 1.47 bits per heavy atom.